The van der Waals surface area contributed by atoms with Gasteiger partial charge in [0, 0.05) is 38.1 Å². The predicted molar refractivity (Wildman–Crippen MR) is 115 cm³/mol. The summed E-state index contributed by atoms with van der Waals surface area (Å²) in [5.41, 5.74) is 4.04. The Hall–Kier alpha value is -3.10. The Morgan fingerprint density at radius 2 is 2.17 bits per heavy atom. The van der Waals surface area contributed by atoms with Crippen molar-refractivity contribution in [1.82, 2.24) is 20.3 Å². The number of ether oxygens (including phenoxy) is 2. The number of halogens is 1. The molecule has 1 aliphatic heterocycles. The van der Waals surface area contributed by atoms with Crippen LogP contribution in [0.5, 0.6) is 5.75 Å². The molecule has 156 valence electrons. The van der Waals surface area contributed by atoms with Crippen LogP contribution in [0.2, 0.25) is 5.02 Å². The van der Waals surface area contributed by atoms with Crippen molar-refractivity contribution in [2.45, 2.75) is 12.3 Å². The van der Waals surface area contributed by atoms with Gasteiger partial charge in [-0.2, -0.15) is 0 Å². The number of nitrogens with zero attached hydrogens (tertiary/aromatic N) is 2. The van der Waals surface area contributed by atoms with Gasteiger partial charge in [-0.05, 0) is 24.6 Å². The van der Waals surface area contributed by atoms with Gasteiger partial charge in [0.2, 0.25) is 0 Å². The lowest BCUT2D eigenvalue weighted by atomic mass is 9.94. The zero-order valence-corrected chi connectivity index (χ0v) is 17.4. The van der Waals surface area contributed by atoms with Gasteiger partial charge in [-0.3, -0.25) is 4.79 Å². The minimum absolute atomic E-state index is 0.0926. The van der Waals surface area contributed by atoms with Crippen LogP contribution in [0.15, 0.2) is 36.8 Å². The van der Waals surface area contributed by atoms with Crippen LogP contribution >= 0.6 is 11.6 Å². The number of hydrogen-bond acceptors (Lipinski definition) is 6. The largest absolute Gasteiger partial charge is 0.493 e. The van der Waals surface area contributed by atoms with Crippen LogP contribution < -0.4 is 15.4 Å². The Morgan fingerprint density at radius 1 is 1.30 bits per heavy atom. The Labute approximate surface area is 179 Å². The van der Waals surface area contributed by atoms with Gasteiger partial charge in [-0.25, -0.2) is 9.97 Å². The van der Waals surface area contributed by atoms with Gasteiger partial charge >= 0.3 is 0 Å². The maximum Gasteiger partial charge on any atom is 0.255 e. The van der Waals surface area contributed by atoms with E-state index >= 15 is 0 Å². The second-order valence-corrected chi connectivity index (χ2v) is 7.30. The van der Waals surface area contributed by atoms with E-state index in [0.717, 1.165) is 12.1 Å². The molecule has 0 aliphatic carbocycles. The van der Waals surface area contributed by atoms with E-state index in [1.807, 2.05) is 12.1 Å². The van der Waals surface area contributed by atoms with E-state index in [1.165, 1.54) is 6.33 Å². The number of carbonyl (C=O) groups excluding carboxylic acids is 1. The number of carbonyl (C=O) groups is 1. The quantitative estimate of drug-likeness (QED) is 0.531. The smallest absolute Gasteiger partial charge is 0.255 e. The Kier molecular flexibility index (Phi) is 5.87. The van der Waals surface area contributed by atoms with Gasteiger partial charge in [0.25, 0.3) is 5.91 Å². The average Bonchev–Trinajstić information content (AvgIpc) is 3.14. The highest BCUT2D eigenvalue weighted by Crippen LogP contribution is 2.42. The Morgan fingerprint density at radius 3 is 2.90 bits per heavy atom. The number of benzene rings is 1. The molecule has 3 N–H and O–H groups in total. The molecule has 8 nitrogen and oxygen atoms in total. The molecule has 0 fully saturated rings. The molecule has 0 radical (unpaired) electrons. The summed E-state index contributed by atoms with van der Waals surface area (Å²) in [5, 5.41) is 6.81. The van der Waals surface area contributed by atoms with Crippen LogP contribution in [0.25, 0.3) is 11.4 Å². The van der Waals surface area contributed by atoms with Crippen LogP contribution in [0.1, 0.15) is 28.4 Å². The number of fused-ring (bicyclic) bond motifs is 1. The first-order chi connectivity index (χ1) is 14.6. The first-order valence-corrected chi connectivity index (χ1v) is 9.90. The first-order valence-electron chi connectivity index (χ1n) is 9.53. The molecule has 0 saturated carbocycles. The molecular weight excluding hydrogens is 406 g/mol. The number of para-hydroxylation sites is 1. The zero-order valence-electron chi connectivity index (χ0n) is 16.7. The number of H-pyrrole nitrogens is 1. The topological polar surface area (TPSA) is 101 Å². The molecule has 2 aromatic heterocycles. The molecule has 4 rings (SSSR count). The monoisotopic (exact) mass is 427 g/mol. The van der Waals surface area contributed by atoms with Crippen molar-refractivity contribution >= 4 is 28.9 Å². The van der Waals surface area contributed by atoms with E-state index in [4.69, 9.17) is 21.1 Å². The maximum atomic E-state index is 12.9. The molecular formula is C21H22ClN5O3. The fourth-order valence-electron chi connectivity index (χ4n) is 3.68. The van der Waals surface area contributed by atoms with Gasteiger partial charge in [0.05, 0.1) is 40.5 Å². The lowest BCUT2D eigenvalue weighted by Crippen LogP contribution is -2.35. The van der Waals surface area contributed by atoms with Gasteiger partial charge in [0.15, 0.2) is 5.75 Å². The summed E-state index contributed by atoms with van der Waals surface area (Å²) in [6, 6.07) is 7.20. The van der Waals surface area contributed by atoms with E-state index < -0.39 is 0 Å². The van der Waals surface area contributed by atoms with Gasteiger partial charge in [0.1, 0.15) is 6.33 Å². The molecule has 3 aromatic rings. The van der Waals surface area contributed by atoms with Crippen LogP contribution in [0.3, 0.4) is 0 Å². The van der Waals surface area contributed by atoms with E-state index in [1.54, 1.807) is 32.5 Å². The lowest BCUT2D eigenvalue weighted by molar-refractivity contribution is 0.0935. The van der Waals surface area contributed by atoms with Crippen LogP contribution in [0.4, 0.5) is 11.4 Å². The Bertz CT molecular complexity index is 1050. The second-order valence-electron chi connectivity index (χ2n) is 6.89. The Balaban J connectivity index is 1.87. The number of anilines is 2. The molecule has 1 aromatic carbocycles. The molecule has 0 spiro atoms. The van der Waals surface area contributed by atoms with Crippen LogP contribution in [-0.4, -0.2) is 48.2 Å². The number of methoxy groups -OCH3 is 2. The van der Waals surface area contributed by atoms with E-state index in [9.17, 15) is 4.79 Å². The molecule has 0 saturated heterocycles. The van der Waals surface area contributed by atoms with Crippen molar-refractivity contribution in [3.8, 4) is 17.1 Å². The molecule has 1 amide bonds. The summed E-state index contributed by atoms with van der Waals surface area (Å²) in [6.07, 6.45) is 3.91. The van der Waals surface area contributed by atoms with Gasteiger partial charge < -0.3 is 25.1 Å². The molecule has 9 heteroatoms. The van der Waals surface area contributed by atoms with Crippen molar-refractivity contribution in [2.75, 3.05) is 32.7 Å². The van der Waals surface area contributed by atoms with Crippen LogP contribution in [-0.2, 0) is 4.74 Å². The fraction of sp³-hybridized carbons (Fsp3) is 0.286. The second kappa shape index (κ2) is 8.73. The summed E-state index contributed by atoms with van der Waals surface area (Å²) < 4.78 is 10.7. The van der Waals surface area contributed by atoms with Crippen molar-refractivity contribution in [3.05, 3.63) is 53.1 Å². The number of aromatic nitrogens is 3. The molecule has 1 atom stereocenters. The third-order valence-electron chi connectivity index (χ3n) is 5.11. The van der Waals surface area contributed by atoms with Crippen molar-refractivity contribution in [3.63, 3.8) is 0 Å². The summed E-state index contributed by atoms with van der Waals surface area (Å²) >= 11 is 6.29. The van der Waals surface area contributed by atoms with Gasteiger partial charge in [-0.1, -0.05) is 17.7 Å². The van der Waals surface area contributed by atoms with Crippen molar-refractivity contribution in [2.24, 2.45) is 0 Å². The normalized spacial score (nSPS) is 15.4. The zero-order chi connectivity index (χ0) is 21.1. The van der Waals surface area contributed by atoms with E-state index in [2.05, 4.69) is 25.6 Å². The number of rotatable bonds is 7. The third-order valence-corrected chi connectivity index (χ3v) is 5.41. The van der Waals surface area contributed by atoms with Gasteiger partial charge in [-0.15, -0.1) is 0 Å². The van der Waals surface area contributed by atoms with Crippen molar-refractivity contribution < 1.29 is 14.3 Å². The van der Waals surface area contributed by atoms with Crippen molar-refractivity contribution in [1.29, 1.82) is 0 Å². The minimum Gasteiger partial charge on any atom is -0.493 e. The SMILES string of the molecule is COCC[C@@H]1CNC(=O)c2c1[nH]c(-c1ccncn1)c2Nc1cccc(Cl)c1OC. The summed E-state index contributed by atoms with van der Waals surface area (Å²) in [7, 11) is 3.22. The molecule has 30 heavy (non-hydrogen) atoms. The molecule has 0 unspecified atom stereocenters. The first kappa shape index (κ1) is 20.2. The number of hydrogen-bond donors (Lipinski definition) is 3. The standard InChI is InChI=1S/C21H22ClN5O3/c1-29-9-7-12-10-24-21(28)16-17(12)27-18(14-6-8-23-11-25-14)19(16)26-15-5-3-4-13(22)20(15)30-2/h3-6,8,11-12,26-27H,7,9-10H2,1-2H3,(H,24,28)/t12-/m1/s1. The molecule has 3 heterocycles. The lowest BCUT2D eigenvalue weighted by Gasteiger charge is -2.23. The predicted octanol–water partition coefficient (Wildman–Crippen LogP) is 3.74. The number of aromatic amines is 1. The minimum atomic E-state index is -0.154. The maximum absolute atomic E-state index is 12.9. The number of amides is 1. The molecule has 1 aliphatic rings. The fourth-order valence-corrected chi connectivity index (χ4v) is 3.93. The van der Waals surface area contributed by atoms with E-state index in [-0.39, 0.29) is 11.8 Å². The molecule has 0 bridgehead atoms. The number of nitrogens with one attached hydrogen (secondary N) is 3. The van der Waals surface area contributed by atoms with Crippen LogP contribution in [0, 0.1) is 0 Å². The average molecular weight is 428 g/mol. The summed E-state index contributed by atoms with van der Waals surface area (Å²) in [4.78, 5) is 24.7. The highest BCUT2D eigenvalue weighted by molar-refractivity contribution is 6.32. The highest BCUT2D eigenvalue weighted by atomic mass is 35.5. The summed E-state index contributed by atoms with van der Waals surface area (Å²) in [6.45, 7) is 1.13. The summed E-state index contributed by atoms with van der Waals surface area (Å²) in [5.74, 6) is 0.434. The van der Waals surface area contributed by atoms with E-state index in [0.29, 0.717) is 52.2 Å². The highest BCUT2D eigenvalue weighted by Gasteiger charge is 2.33. The third kappa shape index (κ3) is 3.71.